The number of benzene rings is 1. The number of carbonyl (C=O) groups excluding carboxylic acids is 1. The monoisotopic (exact) mass is 420 g/mol. The van der Waals surface area contributed by atoms with Crippen LogP contribution in [0.5, 0.6) is 0 Å². The first-order valence-electron chi connectivity index (χ1n) is 10.3. The summed E-state index contributed by atoms with van der Waals surface area (Å²) in [6, 6.07) is 19.5. The molecule has 6 heteroatoms. The predicted molar refractivity (Wildman–Crippen MR) is 120 cm³/mol. The highest BCUT2D eigenvalue weighted by Gasteiger charge is 2.30. The maximum Gasteiger partial charge on any atom is 0.223 e. The van der Waals surface area contributed by atoms with E-state index in [-0.39, 0.29) is 11.9 Å². The van der Waals surface area contributed by atoms with Gasteiger partial charge in [0.2, 0.25) is 5.91 Å². The van der Waals surface area contributed by atoms with Gasteiger partial charge in [-0.15, -0.1) is 0 Å². The molecule has 1 saturated heterocycles. The maximum absolute atomic E-state index is 12.9. The van der Waals surface area contributed by atoms with Gasteiger partial charge in [-0.05, 0) is 68.1 Å². The number of aryl methyl sites for hydroxylation is 2. The van der Waals surface area contributed by atoms with E-state index in [0.717, 1.165) is 48.0 Å². The molecule has 1 aliphatic rings. The molecule has 0 bridgehead atoms. The van der Waals surface area contributed by atoms with E-state index >= 15 is 0 Å². The van der Waals surface area contributed by atoms with Crippen LogP contribution in [0.1, 0.15) is 42.3 Å². The Morgan fingerprint density at radius 3 is 2.67 bits per heavy atom. The Morgan fingerprint density at radius 2 is 1.87 bits per heavy atom. The second kappa shape index (κ2) is 9.26. The van der Waals surface area contributed by atoms with E-state index in [9.17, 15) is 4.79 Å². The standard InChI is InChI=1S/C24H25ClN4O/c1-17-6-2-11-22(26-17)28-23-12-4-9-20(27-23)21-10-5-15-29(21)24(30)14-13-18-7-3-8-19(25)16-18/h2-4,6-9,11-12,16,21H,5,10,13-15H2,1H3,(H,26,27,28)/t21-/m0/s1. The Morgan fingerprint density at radius 1 is 1.10 bits per heavy atom. The molecule has 5 nitrogen and oxygen atoms in total. The fourth-order valence-electron chi connectivity index (χ4n) is 3.91. The number of nitrogens with one attached hydrogen (secondary N) is 1. The molecule has 4 rings (SSSR count). The number of pyridine rings is 2. The number of hydrogen-bond acceptors (Lipinski definition) is 4. The van der Waals surface area contributed by atoms with Gasteiger partial charge >= 0.3 is 0 Å². The third kappa shape index (κ3) is 4.97. The lowest BCUT2D eigenvalue weighted by Crippen LogP contribution is -2.31. The van der Waals surface area contributed by atoms with Crippen molar-refractivity contribution in [2.75, 3.05) is 11.9 Å². The number of hydrogen-bond donors (Lipinski definition) is 1. The van der Waals surface area contributed by atoms with E-state index in [1.54, 1.807) is 0 Å². The van der Waals surface area contributed by atoms with Crippen LogP contribution in [0.2, 0.25) is 5.02 Å². The number of nitrogens with zero attached hydrogens (tertiary/aromatic N) is 3. The quantitative estimate of drug-likeness (QED) is 0.573. The molecule has 0 aliphatic carbocycles. The smallest absolute Gasteiger partial charge is 0.223 e. The lowest BCUT2D eigenvalue weighted by molar-refractivity contribution is -0.132. The molecule has 1 fully saturated rings. The number of rotatable bonds is 6. The maximum atomic E-state index is 12.9. The van der Waals surface area contributed by atoms with Crippen LogP contribution >= 0.6 is 11.6 Å². The van der Waals surface area contributed by atoms with Crippen LogP contribution in [0.25, 0.3) is 0 Å². The van der Waals surface area contributed by atoms with E-state index in [1.165, 1.54) is 0 Å². The van der Waals surface area contributed by atoms with Crippen molar-refractivity contribution in [3.8, 4) is 0 Å². The second-order valence-corrected chi connectivity index (χ2v) is 8.05. The van der Waals surface area contributed by atoms with Crippen molar-refractivity contribution in [3.05, 3.63) is 82.6 Å². The number of carbonyl (C=O) groups is 1. The average Bonchev–Trinajstić information content (AvgIpc) is 3.22. The Labute approximate surface area is 182 Å². The van der Waals surface area contributed by atoms with Gasteiger partial charge in [-0.2, -0.15) is 0 Å². The molecule has 1 aromatic carbocycles. The van der Waals surface area contributed by atoms with Crippen LogP contribution in [0.3, 0.4) is 0 Å². The molecular weight excluding hydrogens is 396 g/mol. The molecule has 0 saturated carbocycles. The molecular formula is C24H25ClN4O. The van der Waals surface area contributed by atoms with Crippen molar-refractivity contribution < 1.29 is 4.79 Å². The first-order chi connectivity index (χ1) is 14.6. The highest BCUT2D eigenvalue weighted by molar-refractivity contribution is 6.30. The lowest BCUT2D eigenvalue weighted by atomic mass is 10.1. The Hall–Kier alpha value is -2.92. The SMILES string of the molecule is Cc1cccc(Nc2cccc([C@@H]3CCCN3C(=O)CCc3cccc(Cl)c3)n2)n1. The van der Waals surface area contributed by atoms with Crippen LogP contribution in [-0.4, -0.2) is 27.3 Å². The van der Waals surface area contributed by atoms with Crippen molar-refractivity contribution in [1.29, 1.82) is 0 Å². The van der Waals surface area contributed by atoms with Gasteiger partial charge in [0.1, 0.15) is 11.6 Å². The van der Waals surface area contributed by atoms with Crippen molar-refractivity contribution in [2.24, 2.45) is 0 Å². The molecule has 0 unspecified atom stereocenters. The van der Waals surface area contributed by atoms with Crippen LogP contribution in [0.4, 0.5) is 11.6 Å². The molecule has 0 radical (unpaired) electrons. The van der Waals surface area contributed by atoms with E-state index in [4.69, 9.17) is 16.6 Å². The number of aromatic nitrogens is 2. The molecule has 1 aliphatic heterocycles. The summed E-state index contributed by atoms with van der Waals surface area (Å²) in [7, 11) is 0. The molecule has 1 amide bonds. The van der Waals surface area contributed by atoms with Crippen LogP contribution in [-0.2, 0) is 11.2 Å². The highest BCUT2D eigenvalue weighted by atomic mass is 35.5. The Bertz CT molecular complexity index is 1040. The second-order valence-electron chi connectivity index (χ2n) is 7.61. The Balaban J connectivity index is 1.44. The molecule has 2 aromatic heterocycles. The number of halogens is 1. The van der Waals surface area contributed by atoms with Gasteiger partial charge < -0.3 is 10.2 Å². The third-order valence-corrected chi connectivity index (χ3v) is 5.58. The molecule has 1 atom stereocenters. The van der Waals surface area contributed by atoms with Crippen molar-refractivity contribution in [2.45, 2.75) is 38.6 Å². The summed E-state index contributed by atoms with van der Waals surface area (Å²) in [4.78, 5) is 24.2. The molecule has 0 spiro atoms. The van der Waals surface area contributed by atoms with Gasteiger partial charge in [0.05, 0.1) is 11.7 Å². The summed E-state index contributed by atoms with van der Waals surface area (Å²) in [5.74, 6) is 1.67. The minimum atomic E-state index is 0.0177. The molecule has 1 N–H and O–H groups in total. The number of amides is 1. The van der Waals surface area contributed by atoms with Crippen LogP contribution in [0, 0.1) is 6.92 Å². The number of anilines is 2. The average molecular weight is 421 g/mol. The fraction of sp³-hybridized carbons (Fsp3) is 0.292. The molecule has 154 valence electrons. The summed E-state index contributed by atoms with van der Waals surface area (Å²) in [6.07, 6.45) is 3.09. The zero-order chi connectivity index (χ0) is 20.9. The van der Waals surface area contributed by atoms with Crippen molar-refractivity contribution >= 4 is 29.1 Å². The van der Waals surface area contributed by atoms with Gasteiger partial charge in [0, 0.05) is 23.7 Å². The zero-order valence-corrected chi connectivity index (χ0v) is 17.8. The summed E-state index contributed by atoms with van der Waals surface area (Å²) in [6.45, 7) is 2.73. The predicted octanol–water partition coefficient (Wildman–Crippen LogP) is 5.48. The normalized spacial score (nSPS) is 15.9. The van der Waals surface area contributed by atoms with Gasteiger partial charge in [0.25, 0.3) is 0 Å². The Kier molecular flexibility index (Phi) is 6.29. The lowest BCUT2D eigenvalue weighted by Gasteiger charge is -2.25. The van der Waals surface area contributed by atoms with Gasteiger partial charge in [-0.25, -0.2) is 9.97 Å². The molecule has 30 heavy (non-hydrogen) atoms. The summed E-state index contributed by atoms with van der Waals surface area (Å²) in [5.41, 5.74) is 2.95. The first-order valence-corrected chi connectivity index (χ1v) is 10.7. The van der Waals surface area contributed by atoms with Crippen LogP contribution in [0.15, 0.2) is 60.7 Å². The largest absolute Gasteiger partial charge is 0.334 e. The molecule has 3 aromatic rings. The van der Waals surface area contributed by atoms with Crippen LogP contribution < -0.4 is 5.32 Å². The summed E-state index contributed by atoms with van der Waals surface area (Å²) < 4.78 is 0. The van der Waals surface area contributed by atoms with E-state index < -0.39 is 0 Å². The zero-order valence-electron chi connectivity index (χ0n) is 17.0. The van der Waals surface area contributed by atoms with E-state index in [1.807, 2.05) is 72.5 Å². The summed E-state index contributed by atoms with van der Waals surface area (Å²) in [5, 5.41) is 3.97. The minimum Gasteiger partial charge on any atom is -0.334 e. The van der Waals surface area contributed by atoms with Crippen molar-refractivity contribution in [1.82, 2.24) is 14.9 Å². The van der Waals surface area contributed by atoms with Gasteiger partial charge in [-0.3, -0.25) is 4.79 Å². The first kappa shape index (κ1) is 20.4. The minimum absolute atomic E-state index is 0.0177. The summed E-state index contributed by atoms with van der Waals surface area (Å²) >= 11 is 6.06. The van der Waals surface area contributed by atoms with Gasteiger partial charge in [0.15, 0.2) is 0 Å². The van der Waals surface area contributed by atoms with Gasteiger partial charge in [-0.1, -0.05) is 35.9 Å². The fourth-order valence-corrected chi connectivity index (χ4v) is 4.12. The van der Waals surface area contributed by atoms with E-state index in [0.29, 0.717) is 17.9 Å². The topological polar surface area (TPSA) is 58.1 Å². The van der Waals surface area contributed by atoms with Crippen molar-refractivity contribution in [3.63, 3.8) is 0 Å². The molecule has 3 heterocycles. The number of likely N-dealkylation sites (tertiary alicyclic amines) is 1. The van der Waals surface area contributed by atoms with E-state index in [2.05, 4.69) is 10.3 Å². The highest BCUT2D eigenvalue weighted by Crippen LogP contribution is 2.32. The third-order valence-electron chi connectivity index (χ3n) is 5.35.